The molecule has 2 aromatic rings. The van der Waals surface area contributed by atoms with Crippen molar-refractivity contribution < 1.29 is 0 Å². The van der Waals surface area contributed by atoms with Gasteiger partial charge >= 0.3 is 0 Å². The van der Waals surface area contributed by atoms with Crippen LogP contribution < -0.4 is 11.7 Å². The Morgan fingerprint density at radius 1 is 0.650 bits per heavy atom. The highest BCUT2D eigenvalue weighted by molar-refractivity contribution is 6.23. The molecule has 4 nitrogen and oxygen atoms in total. The van der Waals surface area contributed by atoms with E-state index in [1.54, 1.807) is 0 Å². The molecule has 0 fully saturated rings. The van der Waals surface area contributed by atoms with Crippen molar-refractivity contribution >= 4 is 11.4 Å². The second-order valence-corrected chi connectivity index (χ2v) is 5.16. The van der Waals surface area contributed by atoms with E-state index in [0.29, 0.717) is 0 Å². The monoisotopic (exact) mass is 262 g/mol. The van der Waals surface area contributed by atoms with Crippen LogP contribution in [0, 0.1) is 0 Å². The van der Waals surface area contributed by atoms with Gasteiger partial charge < -0.3 is 11.7 Å². The first-order valence-electron chi connectivity index (χ1n) is 6.61. The third kappa shape index (κ3) is 1.20. The Balaban J connectivity index is 2.05. The van der Waals surface area contributed by atoms with Crippen molar-refractivity contribution in [1.82, 2.24) is 0 Å². The fraction of sp³-hybridized carbons (Fsp3) is 0.125. The van der Waals surface area contributed by atoms with Gasteiger partial charge in [-0.05, 0) is 11.1 Å². The largest absolute Gasteiger partial charge is 0.323 e. The summed E-state index contributed by atoms with van der Waals surface area (Å²) in [6.45, 7) is 0. The maximum absolute atomic E-state index is 5.67. The molecule has 20 heavy (non-hydrogen) atoms. The van der Waals surface area contributed by atoms with Crippen molar-refractivity contribution in [2.45, 2.75) is 11.8 Å². The number of nitrogens with zero attached hydrogens (tertiary/aromatic N) is 2. The zero-order valence-corrected chi connectivity index (χ0v) is 10.8. The van der Waals surface area contributed by atoms with Crippen LogP contribution in [0.1, 0.15) is 34.1 Å². The molecule has 0 aliphatic heterocycles. The van der Waals surface area contributed by atoms with E-state index in [2.05, 4.69) is 34.5 Å². The molecule has 0 spiro atoms. The standard InChI is InChI=1S/C16H14N4/c17-19-15-11-7-3-1-5-9(11)13-14(15)10-6-2-4-8-12(10)16(13)20-18/h1-8,13-14H,17-18H2/b19-15+,20-16+/t13-,14+. The predicted octanol–water partition coefficient (Wildman–Crippen LogP) is 1.91. The third-order valence-electron chi connectivity index (χ3n) is 4.34. The number of nitrogens with two attached hydrogens (primary N) is 2. The van der Waals surface area contributed by atoms with Crippen LogP contribution in [-0.4, -0.2) is 11.4 Å². The smallest absolute Gasteiger partial charge is 0.0760 e. The first kappa shape index (κ1) is 11.2. The summed E-state index contributed by atoms with van der Waals surface area (Å²) >= 11 is 0. The summed E-state index contributed by atoms with van der Waals surface area (Å²) in [7, 11) is 0. The van der Waals surface area contributed by atoms with Gasteiger partial charge in [0.05, 0.1) is 11.4 Å². The Kier molecular flexibility index (Phi) is 2.21. The van der Waals surface area contributed by atoms with Crippen molar-refractivity contribution in [3.05, 3.63) is 70.8 Å². The lowest BCUT2D eigenvalue weighted by atomic mass is 9.92. The molecule has 0 bridgehead atoms. The zero-order chi connectivity index (χ0) is 13.7. The zero-order valence-electron chi connectivity index (χ0n) is 10.8. The van der Waals surface area contributed by atoms with Crippen LogP contribution >= 0.6 is 0 Å². The van der Waals surface area contributed by atoms with Crippen LogP contribution in [-0.2, 0) is 0 Å². The molecule has 2 aliphatic carbocycles. The molecule has 98 valence electrons. The SMILES string of the molecule is N/N=C1\c2ccccc2[C@@H]2/C(=N/N)c3ccccc3[C@@H]12. The predicted molar refractivity (Wildman–Crippen MR) is 79.8 cm³/mol. The quantitative estimate of drug-likeness (QED) is 0.562. The van der Waals surface area contributed by atoms with Gasteiger partial charge in [0.2, 0.25) is 0 Å². The van der Waals surface area contributed by atoms with Gasteiger partial charge in [-0.25, -0.2) is 0 Å². The molecule has 0 saturated heterocycles. The van der Waals surface area contributed by atoms with E-state index in [1.807, 2.05) is 24.3 Å². The van der Waals surface area contributed by atoms with Crippen molar-refractivity contribution in [1.29, 1.82) is 0 Å². The molecule has 4 rings (SSSR count). The summed E-state index contributed by atoms with van der Waals surface area (Å²) < 4.78 is 0. The molecule has 4 N–H and O–H groups in total. The van der Waals surface area contributed by atoms with E-state index < -0.39 is 0 Å². The second-order valence-electron chi connectivity index (χ2n) is 5.16. The fourth-order valence-electron chi connectivity index (χ4n) is 3.61. The molecule has 2 atom stereocenters. The molecule has 0 aromatic heterocycles. The number of hydrogen-bond acceptors (Lipinski definition) is 4. The van der Waals surface area contributed by atoms with Crippen LogP contribution in [0.25, 0.3) is 0 Å². The highest BCUT2D eigenvalue weighted by Gasteiger charge is 2.47. The highest BCUT2D eigenvalue weighted by atomic mass is 15.1. The van der Waals surface area contributed by atoms with Gasteiger partial charge in [-0.3, -0.25) is 0 Å². The van der Waals surface area contributed by atoms with Gasteiger partial charge in [0.15, 0.2) is 0 Å². The van der Waals surface area contributed by atoms with E-state index in [-0.39, 0.29) is 11.8 Å². The van der Waals surface area contributed by atoms with Gasteiger partial charge in [-0.1, -0.05) is 48.5 Å². The van der Waals surface area contributed by atoms with Crippen molar-refractivity contribution in [2.24, 2.45) is 21.9 Å². The van der Waals surface area contributed by atoms with Crippen LogP contribution in [0.15, 0.2) is 58.7 Å². The van der Waals surface area contributed by atoms with Crippen molar-refractivity contribution in [2.75, 3.05) is 0 Å². The van der Waals surface area contributed by atoms with E-state index in [4.69, 9.17) is 11.7 Å². The normalized spacial score (nSPS) is 26.6. The molecular formula is C16H14N4. The van der Waals surface area contributed by atoms with E-state index in [0.717, 1.165) is 22.6 Å². The topological polar surface area (TPSA) is 76.8 Å². The van der Waals surface area contributed by atoms with E-state index >= 15 is 0 Å². The molecule has 0 heterocycles. The maximum Gasteiger partial charge on any atom is 0.0760 e. The number of hydrogen-bond donors (Lipinski definition) is 2. The Morgan fingerprint density at radius 2 is 1.05 bits per heavy atom. The van der Waals surface area contributed by atoms with Gasteiger partial charge in [-0.2, -0.15) is 10.2 Å². The second kappa shape index (κ2) is 3.93. The lowest BCUT2D eigenvalue weighted by Crippen LogP contribution is -2.13. The highest BCUT2D eigenvalue weighted by Crippen LogP contribution is 2.51. The minimum Gasteiger partial charge on any atom is -0.323 e. The summed E-state index contributed by atoms with van der Waals surface area (Å²) in [5.41, 5.74) is 6.50. The molecule has 0 amide bonds. The van der Waals surface area contributed by atoms with Crippen molar-refractivity contribution in [3.8, 4) is 0 Å². The summed E-state index contributed by atoms with van der Waals surface area (Å²) in [5.74, 6) is 11.6. The average Bonchev–Trinajstić information content (AvgIpc) is 2.99. The Labute approximate surface area is 116 Å². The molecule has 2 aliphatic rings. The Hall–Kier alpha value is -2.62. The summed E-state index contributed by atoms with van der Waals surface area (Å²) in [5, 5.41) is 8.12. The number of benzene rings is 2. The minimum atomic E-state index is 0.135. The van der Waals surface area contributed by atoms with Gasteiger partial charge in [0.1, 0.15) is 0 Å². The van der Waals surface area contributed by atoms with Gasteiger partial charge in [0.25, 0.3) is 0 Å². The van der Waals surface area contributed by atoms with E-state index in [1.165, 1.54) is 11.1 Å². The first-order valence-corrected chi connectivity index (χ1v) is 6.61. The lowest BCUT2D eigenvalue weighted by molar-refractivity contribution is 0.869. The fourth-order valence-corrected chi connectivity index (χ4v) is 3.61. The third-order valence-corrected chi connectivity index (χ3v) is 4.34. The van der Waals surface area contributed by atoms with Gasteiger partial charge in [-0.15, -0.1) is 0 Å². The minimum absolute atomic E-state index is 0.135. The molecule has 4 heteroatoms. The van der Waals surface area contributed by atoms with E-state index in [9.17, 15) is 0 Å². The van der Waals surface area contributed by atoms with Crippen molar-refractivity contribution in [3.63, 3.8) is 0 Å². The van der Waals surface area contributed by atoms with Gasteiger partial charge in [0, 0.05) is 23.0 Å². The molecular weight excluding hydrogens is 248 g/mol. The summed E-state index contributed by atoms with van der Waals surface area (Å²) in [6.07, 6.45) is 0. The lowest BCUT2D eigenvalue weighted by Gasteiger charge is -2.11. The summed E-state index contributed by atoms with van der Waals surface area (Å²) in [6, 6.07) is 16.4. The number of fused-ring (bicyclic) bond motifs is 5. The Bertz CT molecular complexity index is 695. The first-order chi connectivity index (χ1) is 9.86. The van der Waals surface area contributed by atoms with Crippen LogP contribution in [0.5, 0.6) is 0 Å². The van der Waals surface area contributed by atoms with Crippen LogP contribution in [0.3, 0.4) is 0 Å². The summed E-state index contributed by atoms with van der Waals surface area (Å²) in [4.78, 5) is 0. The van der Waals surface area contributed by atoms with Crippen LogP contribution in [0.2, 0.25) is 0 Å². The maximum atomic E-state index is 5.67. The number of hydrazone groups is 2. The van der Waals surface area contributed by atoms with Crippen LogP contribution in [0.4, 0.5) is 0 Å². The molecule has 0 unspecified atom stereocenters. The molecule has 0 radical (unpaired) electrons. The number of rotatable bonds is 0. The Morgan fingerprint density at radius 3 is 1.45 bits per heavy atom. The molecule has 2 aromatic carbocycles. The molecule has 0 saturated carbocycles. The average molecular weight is 262 g/mol.